The number of halogens is 2. The lowest BCUT2D eigenvalue weighted by Crippen LogP contribution is -2.48. The largest absolute Gasteiger partial charge is 0.469 e. The van der Waals surface area contributed by atoms with Crippen LogP contribution in [-0.2, 0) is 33.5 Å². The molecule has 2 bridgehead atoms. The van der Waals surface area contributed by atoms with Crippen molar-refractivity contribution in [2.24, 2.45) is 17.8 Å². The minimum Gasteiger partial charge on any atom is -0.469 e. The first-order valence-electron chi connectivity index (χ1n) is 19.1. The molecule has 7 atom stereocenters. The van der Waals surface area contributed by atoms with E-state index in [4.69, 9.17) is 40.3 Å². The molecule has 1 aromatic carbocycles. The van der Waals surface area contributed by atoms with Gasteiger partial charge in [-0.05, 0) is 75.1 Å². The molecule has 300 valence electrons. The second kappa shape index (κ2) is 15.8. The number of carbonyl (C=O) groups is 3. The Labute approximate surface area is 327 Å². The summed E-state index contributed by atoms with van der Waals surface area (Å²) in [4.78, 5) is 64.5. The molecule has 56 heavy (non-hydrogen) atoms. The summed E-state index contributed by atoms with van der Waals surface area (Å²) in [5.74, 6) is -2.88. The fourth-order valence-corrected chi connectivity index (χ4v) is 9.10. The topological polar surface area (TPSA) is 186 Å². The molecule has 2 aliphatic heterocycles. The fraction of sp³-hybridized carbons (Fsp3) is 0.579. The van der Waals surface area contributed by atoms with Crippen molar-refractivity contribution in [1.82, 2.24) is 30.2 Å². The van der Waals surface area contributed by atoms with Crippen LogP contribution in [0.3, 0.4) is 0 Å². The number of imidazole rings is 1. The van der Waals surface area contributed by atoms with Gasteiger partial charge in [-0.2, -0.15) is 14.8 Å². The molecular weight excluding hydrogens is 753 g/mol. The van der Waals surface area contributed by atoms with Gasteiger partial charge in [0.1, 0.15) is 29.8 Å². The van der Waals surface area contributed by atoms with Crippen molar-refractivity contribution in [2.45, 2.75) is 94.5 Å². The maximum atomic E-state index is 14.5. The number of methoxy groups -OCH3 is 1. The molecule has 2 amide bonds. The van der Waals surface area contributed by atoms with E-state index in [-0.39, 0.29) is 53.4 Å². The Morgan fingerprint density at radius 1 is 1.11 bits per heavy atom. The van der Waals surface area contributed by atoms with Crippen molar-refractivity contribution in [2.75, 3.05) is 32.2 Å². The van der Waals surface area contributed by atoms with Gasteiger partial charge >= 0.3 is 12.1 Å². The Morgan fingerprint density at radius 3 is 2.73 bits per heavy atom. The minimum absolute atomic E-state index is 0.0643. The molecular formula is C38H45ClFN7O9. The Bertz CT molecular complexity index is 1950. The van der Waals surface area contributed by atoms with E-state index < -0.39 is 41.5 Å². The van der Waals surface area contributed by atoms with Gasteiger partial charge in [0.05, 0.1) is 19.1 Å². The number of aromatic nitrogens is 4. The number of hydrogen-bond acceptors (Lipinski definition) is 13. The lowest BCUT2D eigenvalue weighted by Gasteiger charge is -2.38. The number of rotatable bonds is 10. The number of fused-ring (bicyclic) bond motifs is 3. The van der Waals surface area contributed by atoms with Gasteiger partial charge in [-0.25, -0.2) is 19.2 Å². The van der Waals surface area contributed by atoms with Crippen LogP contribution in [0.2, 0.25) is 5.02 Å². The maximum Gasteiger partial charge on any atom is 0.407 e. The third kappa shape index (κ3) is 8.05. The van der Waals surface area contributed by atoms with Crippen molar-refractivity contribution in [3.8, 4) is 5.82 Å². The molecule has 0 radical (unpaired) electrons. The highest BCUT2D eigenvalue weighted by Crippen LogP contribution is 2.61. The maximum absolute atomic E-state index is 14.5. The van der Waals surface area contributed by atoms with Crippen molar-refractivity contribution >= 4 is 35.5 Å². The third-order valence-corrected chi connectivity index (χ3v) is 11.7. The monoisotopic (exact) mass is 797 g/mol. The lowest BCUT2D eigenvalue weighted by atomic mass is 9.83. The van der Waals surface area contributed by atoms with Crippen LogP contribution < -0.4 is 16.0 Å². The molecule has 2 saturated heterocycles. The summed E-state index contributed by atoms with van der Waals surface area (Å²) in [5, 5.41) is 9.03. The average Bonchev–Trinajstić information content (AvgIpc) is 3.98. The van der Waals surface area contributed by atoms with Crippen LogP contribution in [-0.4, -0.2) is 88.1 Å². The summed E-state index contributed by atoms with van der Waals surface area (Å²) in [7, 11) is 1.38. The minimum atomic E-state index is -1.13. The van der Waals surface area contributed by atoms with E-state index in [2.05, 4.69) is 30.9 Å². The van der Waals surface area contributed by atoms with Gasteiger partial charge < -0.3 is 34.9 Å². The van der Waals surface area contributed by atoms with E-state index in [0.29, 0.717) is 56.2 Å². The first-order chi connectivity index (χ1) is 27.0. The van der Waals surface area contributed by atoms with E-state index in [0.717, 1.165) is 37.3 Å². The lowest BCUT2D eigenvalue weighted by molar-refractivity contribution is -0.365. The summed E-state index contributed by atoms with van der Waals surface area (Å²) in [6.07, 6.45) is 9.17. The third-order valence-electron chi connectivity index (χ3n) is 11.5. The van der Waals surface area contributed by atoms with E-state index in [9.17, 15) is 18.8 Å². The number of benzene rings is 1. The summed E-state index contributed by atoms with van der Waals surface area (Å²) >= 11 is 6.19. The molecule has 18 heteroatoms. The number of nitrogens with one attached hydrogen (secondary N) is 3. The molecule has 3 N–H and O–H groups in total. The molecule has 16 nitrogen and oxygen atoms in total. The van der Waals surface area contributed by atoms with E-state index in [1.165, 1.54) is 31.8 Å². The van der Waals surface area contributed by atoms with Gasteiger partial charge in [0.25, 0.3) is 5.91 Å². The zero-order valence-corrected chi connectivity index (χ0v) is 31.9. The molecule has 3 aromatic rings. The Hall–Kier alpha value is -4.42. The van der Waals surface area contributed by atoms with Crippen LogP contribution in [0.1, 0.15) is 85.4 Å². The zero-order valence-electron chi connectivity index (χ0n) is 31.1. The Kier molecular flexibility index (Phi) is 10.9. The zero-order chi connectivity index (χ0) is 39.0. The highest BCUT2D eigenvalue weighted by molar-refractivity contribution is 6.30. The van der Waals surface area contributed by atoms with Crippen LogP contribution in [0.15, 0.2) is 36.9 Å². The number of alkyl carbamates (subject to hydrolysis) is 1. The molecule has 5 fully saturated rings. The van der Waals surface area contributed by atoms with E-state index >= 15 is 0 Å². The van der Waals surface area contributed by atoms with Crippen LogP contribution >= 0.6 is 11.6 Å². The average molecular weight is 798 g/mol. The van der Waals surface area contributed by atoms with Gasteiger partial charge in [0, 0.05) is 74.0 Å². The molecule has 6 unspecified atom stereocenters. The summed E-state index contributed by atoms with van der Waals surface area (Å²) < 4.78 is 39.0. The van der Waals surface area contributed by atoms with Crippen molar-refractivity contribution in [1.29, 1.82) is 0 Å². The number of nitrogens with zero attached hydrogens (tertiary/aromatic N) is 4. The standard InChI is InChI=1S/C38H45ClFN7O9/c1-21-17-41-35(44-26-5-8-52-9-6-26)46-32(21)47-19-31(43-20-47)33(48)45-30(23-12-24(39)14-25(40)13-23)18-42-36(50)53-27-4-3-7-37(16-27)54-38(56-55-37)15-22-10-28(29(38)11-22)34(49)51-2/h12-14,17,19-20,22,26-30H,3-11,15-16,18H2,1-2H3,(H,42,50)(H,45,48)(H,41,44,46)/t22?,27?,28?,29?,30-,37?,38?/m1/s1. The molecule has 5 aliphatic rings. The van der Waals surface area contributed by atoms with Gasteiger partial charge in [-0.3, -0.25) is 14.2 Å². The van der Waals surface area contributed by atoms with Crippen molar-refractivity contribution in [3.63, 3.8) is 0 Å². The predicted molar refractivity (Wildman–Crippen MR) is 195 cm³/mol. The highest BCUT2D eigenvalue weighted by Gasteiger charge is 2.67. The number of hydrogen-bond donors (Lipinski definition) is 3. The SMILES string of the molecule is COC(=O)C1CC2CC1C1(C2)OOC2(CCCC(OC(=O)NC[C@@H](NC(=O)c3cn(-c4nc(NC5CCOCC5)ncc4C)cn3)c3cc(F)cc(Cl)c3)C2)O1. The first kappa shape index (κ1) is 38.5. The van der Waals surface area contributed by atoms with Crippen LogP contribution in [0.25, 0.3) is 5.82 Å². The summed E-state index contributed by atoms with van der Waals surface area (Å²) in [6.45, 7) is 3.03. The van der Waals surface area contributed by atoms with Crippen LogP contribution in [0, 0.1) is 30.5 Å². The normalized spacial score (nSPS) is 29.0. The molecule has 8 rings (SSSR count). The molecule has 3 saturated carbocycles. The smallest absolute Gasteiger partial charge is 0.407 e. The van der Waals surface area contributed by atoms with E-state index in [1.54, 1.807) is 10.8 Å². The Morgan fingerprint density at radius 2 is 1.95 bits per heavy atom. The number of anilines is 1. The predicted octanol–water partition coefficient (Wildman–Crippen LogP) is 5.08. The van der Waals surface area contributed by atoms with Crippen LogP contribution in [0.5, 0.6) is 0 Å². The Balaban J connectivity index is 0.906. The second-order valence-corrected chi connectivity index (χ2v) is 15.8. The quantitative estimate of drug-likeness (QED) is 0.182. The first-order valence-corrected chi connectivity index (χ1v) is 19.5. The molecule has 3 aliphatic carbocycles. The number of amides is 2. The van der Waals surface area contributed by atoms with Crippen molar-refractivity contribution in [3.05, 3.63) is 64.6 Å². The van der Waals surface area contributed by atoms with E-state index in [1.807, 2.05) is 6.92 Å². The number of esters is 1. The molecule has 2 aromatic heterocycles. The number of aryl methyl sites for hydroxylation is 1. The summed E-state index contributed by atoms with van der Waals surface area (Å²) in [5.41, 5.74) is 1.15. The van der Waals surface area contributed by atoms with Gasteiger partial charge in [-0.15, -0.1) is 0 Å². The summed E-state index contributed by atoms with van der Waals surface area (Å²) in [6, 6.07) is 3.16. The number of ether oxygens (including phenoxy) is 4. The van der Waals surface area contributed by atoms with Crippen LogP contribution in [0.4, 0.5) is 15.1 Å². The van der Waals surface area contributed by atoms with Gasteiger partial charge in [-0.1, -0.05) is 11.6 Å². The van der Waals surface area contributed by atoms with Gasteiger partial charge in [0.15, 0.2) is 0 Å². The molecule has 2 spiro atoms. The second-order valence-electron chi connectivity index (χ2n) is 15.4. The number of carbonyl (C=O) groups excluding carboxylic acids is 3. The highest BCUT2D eigenvalue weighted by atomic mass is 35.5. The fourth-order valence-electron chi connectivity index (χ4n) is 8.87. The molecule has 4 heterocycles. The van der Waals surface area contributed by atoms with Gasteiger partial charge in [0.2, 0.25) is 17.5 Å². The van der Waals surface area contributed by atoms with Crippen molar-refractivity contribution < 1.29 is 47.5 Å².